The highest BCUT2D eigenvalue weighted by Gasteiger charge is 2.25. The molecule has 3 heterocycles. The van der Waals surface area contributed by atoms with Crippen LogP contribution in [0, 0.1) is 0 Å². The lowest BCUT2D eigenvalue weighted by atomic mass is 9.98. The van der Waals surface area contributed by atoms with Gasteiger partial charge in [-0.2, -0.15) is 9.97 Å². The summed E-state index contributed by atoms with van der Waals surface area (Å²) in [5.41, 5.74) is 14.0. The molecule has 13 rings (SSSR count). The van der Waals surface area contributed by atoms with E-state index in [1.807, 2.05) is 18.2 Å². The van der Waals surface area contributed by atoms with E-state index in [0.29, 0.717) is 17.6 Å². The first kappa shape index (κ1) is 37.6. The Morgan fingerprint density at radius 1 is 0.273 bits per heavy atom. The van der Waals surface area contributed by atoms with E-state index in [9.17, 15) is 0 Å². The number of nitrogens with zero attached hydrogens (tertiary/aromatic N) is 5. The minimum atomic E-state index is 0.548. The Balaban J connectivity index is 1.12. The van der Waals surface area contributed by atoms with E-state index in [1.54, 1.807) is 0 Å². The topological polar surface area (TPSA) is 48.5 Å². The molecular weight excluding hydrogens is 803 g/mol. The van der Waals surface area contributed by atoms with Gasteiger partial charge in [0.05, 0.1) is 27.8 Å². The number of hydrogen-bond acceptors (Lipinski definition) is 3. The number of fused-ring (bicyclic) bond motifs is 8. The summed E-state index contributed by atoms with van der Waals surface area (Å²) in [5, 5.41) is 6.96. The third-order valence-electron chi connectivity index (χ3n) is 13.0. The number of rotatable bonds is 7. The highest BCUT2D eigenvalue weighted by molar-refractivity contribution is 6.24. The van der Waals surface area contributed by atoms with Crippen molar-refractivity contribution in [2.24, 2.45) is 0 Å². The van der Waals surface area contributed by atoms with Gasteiger partial charge in [0.15, 0.2) is 11.6 Å². The Morgan fingerprint density at radius 3 is 1.48 bits per heavy atom. The van der Waals surface area contributed by atoms with E-state index >= 15 is 0 Å². The molecule has 0 N–H and O–H groups in total. The molecule has 66 heavy (non-hydrogen) atoms. The fourth-order valence-electron chi connectivity index (χ4n) is 9.86. The van der Waals surface area contributed by atoms with Gasteiger partial charge in [0.2, 0.25) is 5.95 Å². The van der Waals surface area contributed by atoms with Gasteiger partial charge in [-0.3, -0.25) is 4.57 Å². The molecule has 0 atom stereocenters. The third kappa shape index (κ3) is 6.21. The Hall–Kier alpha value is -8.93. The van der Waals surface area contributed by atoms with Crippen LogP contribution in [0.2, 0.25) is 0 Å². The number of hydrogen-bond donors (Lipinski definition) is 0. The third-order valence-corrected chi connectivity index (χ3v) is 13.0. The van der Waals surface area contributed by atoms with E-state index < -0.39 is 0 Å². The van der Waals surface area contributed by atoms with Crippen molar-refractivity contribution in [2.45, 2.75) is 0 Å². The summed E-state index contributed by atoms with van der Waals surface area (Å²) in [6.45, 7) is 0. The molecule has 5 nitrogen and oxygen atoms in total. The van der Waals surface area contributed by atoms with E-state index in [0.717, 1.165) is 88.4 Å². The molecule has 5 heteroatoms. The van der Waals surface area contributed by atoms with Gasteiger partial charge in [0.1, 0.15) is 0 Å². The lowest BCUT2D eigenvalue weighted by Crippen LogP contribution is -2.07. The smallest absolute Gasteiger partial charge is 0.238 e. The molecule has 13 aromatic rings. The summed E-state index contributed by atoms with van der Waals surface area (Å²) in [6.07, 6.45) is 0. The molecule has 0 radical (unpaired) electrons. The number of aromatic nitrogens is 5. The van der Waals surface area contributed by atoms with Crippen molar-refractivity contribution in [3.63, 3.8) is 0 Å². The molecule has 0 aliphatic rings. The molecule has 0 amide bonds. The molecule has 308 valence electrons. The van der Waals surface area contributed by atoms with Crippen LogP contribution in [0.15, 0.2) is 237 Å². The Bertz CT molecular complexity index is 3980. The van der Waals surface area contributed by atoms with Crippen molar-refractivity contribution < 1.29 is 0 Å². The van der Waals surface area contributed by atoms with Crippen LogP contribution in [0.3, 0.4) is 0 Å². The van der Waals surface area contributed by atoms with Gasteiger partial charge in [-0.15, -0.1) is 0 Å². The molecule has 0 spiro atoms. The second kappa shape index (κ2) is 15.4. The molecular formula is C61H39N5. The maximum atomic E-state index is 5.47. The van der Waals surface area contributed by atoms with Crippen LogP contribution in [0.4, 0.5) is 0 Å². The average Bonchev–Trinajstić information content (AvgIpc) is 3.92. The maximum Gasteiger partial charge on any atom is 0.238 e. The second-order valence-electron chi connectivity index (χ2n) is 16.8. The second-order valence-corrected chi connectivity index (χ2v) is 16.8. The summed E-state index contributed by atoms with van der Waals surface area (Å²) >= 11 is 0. The first-order valence-electron chi connectivity index (χ1n) is 22.4. The first-order chi connectivity index (χ1) is 32.7. The average molecular weight is 842 g/mol. The van der Waals surface area contributed by atoms with Gasteiger partial charge < -0.3 is 4.57 Å². The molecule has 0 saturated heterocycles. The SMILES string of the molecule is c1ccc(-c2ccc(-c3ccccc3)c(-n3c4ccccc4c4ccc5c6ccccc6n(-c6nc(-c7ccccc7)nc(-c7cccc(-c8ccc9ccccc9c8)c7)n6)c5c43)c2)cc1. The van der Waals surface area contributed by atoms with E-state index in [1.165, 1.54) is 16.2 Å². The molecule has 0 unspecified atom stereocenters. The minimum Gasteiger partial charge on any atom is -0.307 e. The van der Waals surface area contributed by atoms with E-state index in [2.05, 4.69) is 228 Å². The Labute approximate surface area is 381 Å². The van der Waals surface area contributed by atoms with Gasteiger partial charge in [-0.1, -0.05) is 206 Å². The Morgan fingerprint density at radius 2 is 0.773 bits per heavy atom. The summed E-state index contributed by atoms with van der Waals surface area (Å²) in [5.74, 6) is 1.75. The van der Waals surface area contributed by atoms with Crippen molar-refractivity contribution in [1.29, 1.82) is 0 Å². The van der Waals surface area contributed by atoms with E-state index in [-0.39, 0.29) is 0 Å². The summed E-state index contributed by atoms with van der Waals surface area (Å²) in [6, 6.07) is 84.1. The van der Waals surface area contributed by atoms with Crippen molar-refractivity contribution in [1.82, 2.24) is 24.1 Å². The predicted octanol–water partition coefficient (Wildman–Crippen LogP) is 15.6. The monoisotopic (exact) mass is 841 g/mol. The van der Waals surface area contributed by atoms with Gasteiger partial charge in [-0.05, 0) is 68.9 Å². The molecule has 0 aliphatic heterocycles. The van der Waals surface area contributed by atoms with Gasteiger partial charge in [0, 0.05) is 38.2 Å². The number of para-hydroxylation sites is 2. The maximum absolute atomic E-state index is 5.47. The van der Waals surface area contributed by atoms with Crippen molar-refractivity contribution in [3.05, 3.63) is 237 Å². The van der Waals surface area contributed by atoms with Gasteiger partial charge >= 0.3 is 0 Å². The summed E-state index contributed by atoms with van der Waals surface area (Å²) < 4.78 is 4.75. The zero-order chi connectivity index (χ0) is 43.6. The van der Waals surface area contributed by atoms with E-state index in [4.69, 9.17) is 15.0 Å². The fraction of sp³-hybridized carbons (Fsp3) is 0. The van der Waals surface area contributed by atoms with Crippen LogP contribution in [-0.2, 0) is 0 Å². The van der Waals surface area contributed by atoms with Crippen molar-refractivity contribution >= 4 is 54.4 Å². The van der Waals surface area contributed by atoms with Crippen molar-refractivity contribution in [2.75, 3.05) is 0 Å². The van der Waals surface area contributed by atoms with Gasteiger partial charge in [0.25, 0.3) is 0 Å². The Kier molecular flexibility index (Phi) is 8.78. The molecule has 0 bridgehead atoms. The minimum absolute atomic E-state index is 0.548. The molecule has 0 aliphatic carbocycles. The predicted molar refractivity (Wildman–Crippen MR) is 273 cm³/mol. The molecule has 3 aromatic heterocycles. The lowest BCUT2D eigenvalue weighted by Gasteiger charge is -2.17. The first-order valence-corrected chi connectivity index (χ1v) is 22.4. The fourth-order valence-corrected chi connectivity index (χ4v) is 9.86. The zero-order valence-electron chi connectivity index (χ0n) is 35.8. The molecule has 10 aromatic carbocycles. The quantitative estimate of drug-likeness (QED) is 0.161. The molecule has 0 fully saturated rings. The summed E-state index contributed by atoms with van der Waals surface area (Å²) in [4.78, 5) is 16.1. The van der Waals surface area contributed by atoms with Crippen LogP contribution in [0.25, 0.3) is 122 Å². The van der Waals surface area contributed by atoms with Gasteiger partial charge in [-0.25, -0.2) is 4.98 Å². The lowest BCUT2D eigenvalue weighted by molar-refractivity contribution is 0.953. The van der Waals surface area contributed by atoms with Crippen molar-refractivity contribution in [3.8, 4) is 67.8 Å². The van der Waals surface area contributed by atoms with Crippen LogP contribution in [-0.4, -0.2) is 24.1 Å². The van der Waals surface area contributed by atoms with Crippen LogP contribution >= 0.6 is 0 Å². The van der Waals surface area contributed by atoms with Crippen LogP contribution in [0.1, 0.15) is 0 Å². The standard InChI is InChI=1S/C61H39N5/c1-4-17-40(18-5-1)47-33-34-49(42-20-6-2-7-21-42)56(39-47)65-54-29-14-12-27-50(54)52-35-36-53-51-28-13-15-30-55(51)66(58(53)57(52)65)61-63-59(43-22-8-3-9-23-43)62-60(64-61)48-26-16-25-45(38-48)46-32-31-41-19-10-11-24-44(41)37-46/h1-39H. The van der Waals surface area contributed by atoms with Crippen LogP contribution in [0.5, 0.6) is 0 Å². The number of benzene rings is 10. The molecule has 0 saturated carbocycles. The van der Waals surface area contributed by atoms with Crippen LogP contribution < -0.4 is 0 Å². The summed E-state index contributed by atoms with van der Waals surface area (Å²) in [7, 11) is 0. The normalized spacial score (nSPS) is 11.6. The highest BCUT2D eigenvalue weighted by atomic mass is 15.2. The zero-order valence-corrected chi connectivity index (χ0v) is 35.8. The highest BCUT2D eigenvalue weighted by Crippen LogP contribution is 2.44. The largest absolute Gasteiger partial charge is 0.307 e.